The number of ether oxygens (including phenoxy) is 1. The van der Waals surface area contributed by atoms with Crippen LogP contribution >= 0.6 is 0 Å². The van der Waals surface area contributed by atoms with E-state index in [9.17, 15) is 9.90 Å². The molecule has 0 saturated heterocycles. The van der Waals surface area contributed by atoms with Gasteiger partial charge in [-0.05, 0) is 45.1 Å². The van der Waals surface area contributed by atoms with Crippen molar-refractivity contribution in [1.82, 2.24) is 5.32 Å². The first-order chi connectivity index (χ1) is 9.05. The fourth-order valence-electron chi connectivity index (χ4n) is 2.98. The van der Waals surface area contributed by atoms with Crippen molar-refractivity contribution < 1.29 is 14.6 Å². The largest absolute Gasteiger partial charge is 0.480 e. The van der Waals surface area contributed by atoms with Crippen molar-refractivity contribution in [3.05, 3.63) is 0 Å². The topological polar surface area (TPSA) is 58.6 Å². The molecule has 19 heavy (non-hydrogen) atoms. The number of carboxylic acids is 1. The molecule has 0 spiro atoms. The average Bonchev–Trinajstić information content (AvgIpc) is 2.41. The zero-order chi connectivity index (χ0) is 14.3. The summed E-state index contributed by atoms with van der Waals surface area (Å²) in [5.41, 5.74) is -0.790. The summed E-state index contributed by atoms with van der Waals surface area (Å²) in [6.45, 7) is 4.84. The van der Waals surface area contributed by atoms with Crippen LogP contribution in [0.15, 0.2) is 0 Å². The Labute approximate surface area is 116 Å². The third-order valence-electron chi connectivity index (χ3n) is 4.60. The monoisotopic (exact) mass is 271 g/mol. The lowest BCUT2D eigenvalue weighted by Gasteiger charge is -2.30. The number of carboxylic acid groups (broad SMARTS) is 1. The zero-order valence-corrected chi connectivity index (χ0v) is 12.6. The van der Waals surface area contributed by atoms with Crippen molar-refractivity contribution in [3.8, 4) is 0 Å². The molecule has 3 unspecified atom stereocenters. The number of hydrogen-bond acceptors (Lipinski definition) is 3. The summed E-state index contributed by atoms with van der Waals surface area (Å²) in [7, 11) is 1.72. The first-order valence-electron chi connectivity index (χ1n) is 7.59. The molecular weight excluding hydrogens is 242 g/mol. The van der Waals surface area contributed by atoms with Crippen LogP contribution in [0.2, 0.25) is 0 Å². The molecule has 0 aromatic rings. The van der Waals surface area contributed by atoms with Gasteiger partial charge in [-0.25, -0.2) is 0 Å². The summed E-state index contributed by atoms with van der Waals surface area (Å²) in [4.78, 5) is 11.3. The van der Waals surface area contributed by atoms with Crippen molar-refractivity contribution in [3.63, 3.8) is 0 Å². The van der Waals surface area contributed by atoms with E-state index >= 15 is 0 Å². The second-order valence-corrected chi connectivity index (χ2v) is 5.77. The van der Waals surface area contributed by atoms with E-state index in [2.05, 4.69) is 12.2 Å². The molecule has 0 aromatic heterocycles. The van der Waals surface area contributed by atoms with Crippen molar-refractivity contribution >= 4 is 5.97 Å². The smallest absolute Gasteiger partial charge is 0.323 e. The maximum atomic E-state index is 11.3. The lowest BCUT2D eigenvalue weighted by atomic mass is 9.88. The Balaban J connectivity index is 2.30. The number of rotatable bonds is 8. The molecule has 1 rings (SSSR count). The summed E-state index contributed by atoms with van der Waals surface area (Å²) in [6, 6.07) is 0. The Morgan fingerprint density at radius 3 is 2.63 bits per heavy atom. The minimum Gasteiger partial charge on any atom is -0.480 e. The van der Waals surface area contributed by atoms with Gasteiger partial charge in [0.15, 0.2) is 0 Å². The average molecular weight is 271 g/mol. The van der Waals surface area contributed by atoms with Gasteiger partial charge in [0.05, 0.1) is 6.10 Å². The van der Waals surface area contributed by atoms with Crippen LogP contribution in [0, 0.1) is 5.92 Å². The SMILES string of the molecule is CCC(CCCOC1CCCCC1C)(NC)C(=O)O. The van der Waals surface area contributed by atoms with Crippen LogP contribution in [-0.4, -0.2) is 36.4 Å². The van der Waals surface area contributed by atoms with Gasteiger partial charge >= 0.3 is 5.97 Å². The predicted octanol–water partition coefficient (Wildman–Crippen LogP) is 2.81. The number of aliphatic carboxylic acids is 1. The molecule has 1 aliphatic rings. The van der Waals surface area contributed by atoms with Gasteiger partial charge < -0.3 is 15.2 Å². The number of carbonyl (C=O) groups is 1. The summed E-state index contributed by atoms with van der Waals surface area (Å²) in [5.74, 6) is -0.114. The molecule has 112 valence electrons. The first-order valence-corrected chi connectivity index (χ1v) is 7.59. The summed E-state index contributed by atoms with van der Waals surface area (Å²) < 4.78 is 5.94. The molecule has 0 heterocycles. The highest BCUT2D eigenvalue weighted by atomic mass is 16.5. The Morgan fingerprint density at radius 2 is 2.11 bits per heavy atom. The normalized spacial score (nSPS) is 26.9. The van der Waals surface area contributed by atoms with E-state index in [0.29, 0.717) is 31.5 Å². The standard InChI is InChI=1S/C15H29NO3/c1-4-15(16-3,14(17)18)10-7-11-19-13-9-6-5-8-12(13)2/h12-13,16H,4-11H2,1-3H3,(H,17,18). The minimum atomic E-state index is -0.790. The van der Waals surface area contributed by atoms with Crippen LogP contribution < -0.4 is 5.32 Å². The van der Waals surface area contributed by atoms with E-state index in [1.165, 1.54) is 19.3 Å². The third-order valence-corrected chi connectivity index (χ3v) is 4.60. The Morgan fingerprint density at radius 1 is 1.42 bits per heavy atom. The lowest BCUT2D eigenvalue weighted by Crippen LogP contribution is -2.50. The van der Waals surface area contributed by atoms with Gasteiger partial charge in [-0.2, -0.15) is 0 Å². The van der Waals surface area contributed by atoms with E-state index < -0.39 is 11.5 Å². The second-order valence-electron chi connectivity index (χ2n) is 5.77. The number of likely N-dealkylation sites (N-methyl/N-ethyl adjacent to an activating group) is 1. The van der Waals surface area contributed by atoms with Gasteiger partial charge in [-0.15, -0.1) is 0 Å². The Bertz CT molecular complexity index is 277. The van der Waals surface area contributed by atoms with Gasteiger partial charge in [-0.3, -0.25) is 4.79 Å². The predicted molar refractivity (Wildman–Crippen MR) is 76.3 cm³/mol. The van der Waals surface area contributed by atoms with Gasteiger partial charge in [0.1, 0.15) is 5.54 Å². The molecule has 0 bridgehead atoms. The van der Waals surface area contributed by atoms with Crippen LogP contribution in [0.5, 0.6) is 0 Å². The second kappa shape index (κ2) is 7.85. The highest BCUT2D eigenvalue weighted by molar-refractivity contribution is 5.78. The molecule has 1 fully saturated rings. The summed E-state index contributed by atoms with van der Waals surface area (Å²) in [5, 5.41) is 12.3. The van der Waals surface area contributed by atoms with Crippen LogP contribution in [0.4, 0.5) is 0 Å². The molecule has 1 aliphatic carbocycles. The fourth-order valence-corrected chi connectivity index (χ4v) is 2.98. The first kappa shape index (κ1) is 16.4. The van der Waals surface area contributed by atoms with E-state index in [1.807, 2.05) is 6.92 Å². The van der Waals surface area contributed by atoms with Gasteiger partial charge in [0, 0.05) is 6.61 Å². The number of nitrogens with one attached hydrogen (secondary N) is 1. The molecule has 3 atom stereocenters. The molecular formula is C15H29NO3. The van der Waals surface area contributed by atoms with Crippen molar-refractivity contribution in [2.24, 2.45) is 5.92 Å². The molecule has 4 nitrogen and oxygen atoms in total. The summed E-state index contributed by atoms with van der Waals surface area (Å²) >= 11 is 0. The maximum absolute atomic E-state index is 11.3. The van der Waals surface area contributed by atoms with Crippen LogP contribution in [0.3, 0.4) is 0 Å². The Hall–Kier alpha value is -0.610. The third kappa shape index (κ3) is 4.46. The summed E-state index contributed by atoms with van der Waals surface area (Å²) in [6.07, 6.45) is 7.39. The quantitative estimate of drug-likeness (QED) is 0.666. The van der Waals surface area contributed by atoms with Gasteiger partial charge in [0.2, 0.25) is 0 Å². The van der Waals surface area contributed by atoms with E-state index in [0.717, 1.165) is 12.8 Å². The molecule has 0 aromatic carbocycles. The number of hydrogen-bond donors (Lipinski definition) is 2. The maximum Gasteiger partial charge on any atom is 0.323 e. The van der Waals surface area contributed by atoms with E-state index in [4.69, 9.17) is 4.74 Å². The highest BCUT2D eigenvalue weighted by Crippen LogP contribution is 2.26. The minimum absolute atomic E-state index is 0.379. The molecule has 4 heteroatoms. The molecule has 0 radical (unpaired) electrons. The molecule has 1 saturated carbocycles. The zero-order valence-electron chi connectivity index (χ0n) is 12.6. The van der Waals surface area contributed by atoms with Crippen molar-refractivity contribution in [1.29, 1.82) is 0 Å². The van der Waals surface area contributed by atoms with Gasteiger partial charge in [-0.1, -0.05) is 26.7 Å². The van der Waals surface area contributed by atoms with Crippen LogP contribution in [0.1, 0.15) is 58.8 Å². The fraction of sp³-hybridized carbons (Fsp3) is 0.933. The highest BCUT2D eigenvalue weighted by Gasteiger charge is 2.34. The van der Waals surface area contributed by atoms with Crippen molar-refractivity contribution in [2.45, 2.75) is 70.4 Å². The molecule has 0 aliphatic heterocycles. The molecule has 0 amide bonds. The van der Waals surface area contributed by atoms with Crippen LogP contribution in [0.25, 0.3) is 0 Å². The van der Waals surface area contributed by atoms with E-state index in [-0.39, 0.29) is 0 Å². The lowest BCUT2D eigenvalue weighted by molar-refractivity contribution is -0.145. The van der Waals surface area contributed by atoms with Crippen molar-refractivity contribution in [2.75, 3.05) is 13.7 Å². The van der Waals surface area contributed by atoms with Crippen LogP contribution in [-0.2, 0) is 9.53 Å². The van der Waals surface area contributed by atoms with Gasteiger partial charge in [0.25, 0.3) is 0 Å². The Kier molecular flexibility index (Phi) is 6.80. The molecule has 2 N–H and O–H groups in total. The van der Waals surface area contributed by atoms with E-state index in [1.54, 1.807) is 7.05 Å².